The number of aromatic amines is 1. The van der Waals surface area contributed by atoms with Gasteiger partial charge >= 0.3 is 5.97 Å². The van der Waals surface area contributed by atoms with Gasteiger partial charge in [-0.05, 0) is 25.5 Å². The van der Waals surface area contributed by atoms with Gasteiger partial charge in [0, 0.05) is 11.1 Å². The first-order chi connectivity index (χ1) is 7.56. The zero-order chi connectivity index (χ0) is 11.9. The average molecular weight is 221 g/mol. The number of aryl methyl sites for hydroxylation is 2. The van der Waals surface area contributed by atoms with Crippen molar-refractivity contribution in [2.24, 2.45) is 0 Å². The van der Waals surface area contributed by atoms with Crippen LogP contribution in [0, 0.1) is 19.7 Å². The fourth-order valence-corrected chi connectivity index (χ4v) is 1.92. The zero-order valence-corrected chi connectivity index (χ0v) is 9.35. The van der Waals surface area contributed by atoms with Crippen LogP contribution in [0.25, 0.3) is 10.9 Å². The molecule has 1 aromatic heterocycles. The van der Waals surface area contributed by atoms with Crippen LogP contribution in [0.5, 0.6) is 0 Å². The number of carbonyl (C=O) groups is 1. The van der Waals surface area contributed by atoms with Gasteiger partial charge in [0.25, 0.3) is 0 Å². The monoisotopic (exact) mass is 221 g/mol. The van der Waals surface area contributed by atoms with Crippen molar-refractivity contribution >= 4 is 16.9 Å². The van der Waals surface area contributed by atoms with Gasteiger partial charge in [0.05, 0.1) is 18.2 Å². The molecule has 0 aliphatic rings. The summed E-state index contributed by atoms with van der Waals surface area (Å²) < 4.78 is 18.2. The van der Waals surface area contributed by atoms with Gasteiger partial charge in [-0.15, -0.1) is 0 Å². The Labute approximate surface area is 92.2 Å². The Kier molecular flexibility index (Phi) is 2.42. The van der Waals surface area contributed by atoms with Gasteiger partial charge in [-0.25, -0.2) is 9.18 Å². The summed E-state index contributed by atoms with van der Waals surface area (Å²) in [7, 11) is 1.31. The Bertz CT molecular complexity index is 572. The fourth-order valence-electron chi connectivity index (χ4n) is 1.92. The van der Waals surface area contributed by atoms with E-state index in [0.717, 1.165) is 5.56 Å². The number of hydrogen-bond acceptors (Lipinski definition) is 2. The number of hydrogen-bond donors (Lipinski definition) is 1. The Morgan fingerprint density at radius 1 is 1.38 bits per heavy atom. The molecule has 1 aromatic carbocycles. The number of carbonyl (C=O) groups excluding carboxylic acids is 1. The number of halogens is 1. The fraction of sp³-hybridized carbons (Fsp3) is 0.250. The molecule has 2 rings (SSSR count). The average Bonchev–Trinajstić information content (AvgIpc) is 2.61. The summed E-state index contributed by atoms with van der Waals surface area (Å²) >= 11 is 0. The molecule has 0 bridgehead atoms. The van der Waals surface area contributed by atoms with Gasteiger partial charge in [-0.3, -0.25) is 0 Å². The van der Waals surface area contributed by atoms with Crippen molar-refractivity contribution < 1.29 is 13.9 Å². The molecule has 16 heavy (non-hydrogen) atoms. The predicted octanol–water partition coefficient (Wildman–Crippen LogP) is 2.71. The Morgan fingerprint density at radius 2 is 2.06 bits per heavy atom. The van der Waals surface area contributed by atoms with Gasteiger partial charge in [-0.1, -0.05) is 6.07 Å². The molecule has 0 spiro atoms. The van der Waals surface area contributed by atoms with E-state index in [1.807, 2.05) is 6.92 Å². The van der Waals surface area contributed by atoms with Crippen molar-refractivity contribution in [1.29, 1.82) is 0 Å². The molecule has 0 radical (unpaired) electrons. The van der Waals surface area contributed by atoms with Gasteiger partial charge in [0.1, 0.15) is 5.82 Å². The second-order valence-corrected chi connectivity index (χ2v) is 3.73. The van der Waals surface area contributed by atoms with E-state index in [9.17, 15) is 9.18 Å². The lowest BCUT2D eigenvalue weighted by molar-refractivity contribution is 0.0602. The van der Waals surface area contributed by atoms with Gasteiger partial charge < -0.3 is 9.72 Å². The van der Waals surface area contributed by atoms with Crippen LogP contribution in [0.1, 0.15) is 21.6 Å². The first-order valence-electron chi connectivity index (χ1n) is 4.92. The summed E-state index contributed by atoms with van der Waals surface area (Å²) in [5.41, 5.74) is 2.24. The number of methoxy groups -OCH3 is 1. The van der Waals surface area contributed by atoms with E-state index in [1.165, 1.54) is 13.2 Å². The van der Waals surface area contributed by atoms with Crippen molar-refractivity contribution in [2.45, 2.75) is 13.8 Å². The standard InChI is InChI=1S/C12H12FNO2/c1-6-4-5-8(13)11-9(6)10(7(2)14-11)12(15)16-3/h4-5,14H,1-3H3. The Morgan fingerprint density at radius 3 is 2.69 bits per heavy atom. The summed E-state index contributed by atoms with van der Waals surface area (Å²) in [6.45, 7) is 3.56. The van der Waals surface area contributed by atoms with Crippen LogP contribution in [0.2, 0.25) is 0 Å². The molecule has 2 aromatic rings. The van der Waals surface area contributed by atoms with Crippen LogP contribution in [0.15, 0.2) is 12.1 Å². The molecule has 84 valence electrons. The zero-order valence-electron chi connectivity index (χ0n) is 9.35. The number of rotatable bonds is 1. The predicted molar refractivity (Wildman–Crippen MR) is 59.1 cm³/mol. The lowest BCUT2D eigenvalue weighted by Crippen LogP contribution is -2.02. The Balaban J connectivity index is 2.88. The number of esters is 1. The second-order valence-electron chi connectivity index (χ2n) is 3.73. The lowest BCUT2D eigenvalue weighted by atomic mass is 10.1. The van der Waals surface area contributed by atoms with Crippen molar-refractivity contribution in [3.8, 4) is 0 Å². The van der Waals surface area contributed by atoms with Crippen LogP contribution < -0.4 is 0 Å². The Hall–Kier alpha value is -1.84. The third-order valence-electron chi connectivity index (χ3n) is 2.69. The molecule has 0 aliphatic heterocycles. The second kappa shape index (κ2) is 3.63. The van der Waals surface area contributed by atoms with Crippen molar-refractivity contribution in [3.05, 3.63) is 34.8 Å². The van der Waals surface area contributed by atoms with Crippen LogP contribution in [0.3, 0.4) is 0 Å². The minimum Gasteiger partial charge on any atom is -0.465 e. The van der Waals surface area contributed by atoms with Gasteiger partial charge in [0.15, 0.2) is 0 Å². The largest absolute Gasteiger partial charge is 0.465 e. The highest BCUT2D eigenvalue weighted by atomic mass is 19.1. The minimum atomic E-state index is -0.447. The highest BCUT2D eigenvalue weighted by Crippen LogP contribution is 2.27. The maximum Gasteiger partial charge on any atom is 0.340 e. The van der Waals surface area contributed by atoms with E-state index in [1.54, 1.807) is 13.0 Å². The van der Waals surface area contributed by atoms with Crippen LogP contribution >= 0.6 is 0 Å². The molecule has 0 aliphatic carbocycles. The number of ether oxygens (including phenoxy) is 1. The van der Waals surface area contributed by atoms with Crippen LogP contribution in [-0.4, -0.2) is 18.1 Å². The van der Waals surface area contributed by atoms with E-state index >= 15 is 0 Å². The number of aromatic nitrogens is 1. The quantitative estimate of drug-likeness (QED) is 0.752. The van der Waals surface area contributed by atoms with E-state index in [2.05, 4.69) is 4.98 Å². The van der Waals surface area contributed by atoms with E-state index in [4.69, 9.17) is 4.74 Å². The number of nitrogens with one attached hydrogen (secondary N) is 1. The molecule has 1 N–H and O–H groups in total. The van der Waals surface area contributed by atoms with E-state index in [0.29, 0.717) is 22.2 Å². The SMILES string of the molecule is COC(=O)c1c(C)[nH]c2c(F)ccc(C)c12. The highest BCUT2D eigenvalue weighted by molar-refractivity contribution is 6.06. The molecule has 0 saturated heterocycles. The molecule has 0 unspecified atom stereocenters. The first kappa shape index (κ1) is 10.7. The summed E-state index contributed by atoms with van der Waals surface area (Å²) in [6, 6.07) is 3.03. The first-order valence-corrected chi connectivity index (χ1v) is 4.92. The minimum absolute atomic E-state index is 0.359. The number of fused-ring (bicyclic) bond motifs is 1. The molecule has 0 atom stereocenters. The van der Waals surface area contributed by atoms with Crippen molar-refractivity contribution in [2.75, 3.05) is 7.11 Å². The number of H-pyrrole nitrogens is 1. The van der Waals surface area contributed by atoms with Gasteiger partial charge in [-0.2, -0.15) is 0 Å². The molecule has 0 fully saturated rings. The number of benzene rings is 1. The molecule has 3 nitrogen and oxygen atoms in total. The van der Waals surface area contributed by atoms with E-state index < -0.39 is 5.97 Å². The van der Waals surface area contributed by atoms with Crippen molar-refractivity contribution in [1.82, 2.24) is 4.98 Å². The molecule has 0 amide bonds. The summed E-state index contributed by atoms with van der Waals surface area (Å²) in [5.74, 6) is -0.809. The molecule has 0 saturated carbocycles. The summed E-state index contributed by atoms with van der Waals surface area (Å²) in [5, 5.41) is 0.601. The molecular formula is C12H12FNO2. The van der Waals surface area contributed by atoms with E-state index in [-0.39, 0.29) is 5.82 Å². The highest BCUT2D eigenvalue weighted by Gasteiger charge is 2.19. The smallest absolute Gasteiger partial charge is 0.340 e. The third kappa shape index (κ3) is 1.38. The maximum atomic E-state index is 13.5. The molecule has 1 heterocycles. The van der Waals surface area contributed by atoms with Crippen LogP contribution in [0.4, 0.5) is 4.39 Å². The molecule has 4 heteroatoms. The summed E-state index contributed by atoms with van der Waals surface area (Å²) in [4.78, 5) is 14.5. The lowest BCUT2D eigenvalue weighted by Gasteiger charge is -2.01. The third-order valence-corrected chi connectivity index (χ3v) is 2.69. The van der Waals surface area contributed by atoms with Gasteiger partial charge in [0.2, 0.25) is 0 Å². The van der Waals surface area contributed by atoms with Crippen molar-refractivity contribution in [3.63, 3.8) is 0 Å². The van der Waals surface area contributed by atoms with Crippen LogP contribution in [-0.2, 0) is 4.74 Å². The normalized spacial score (nSPS) is 10.8. The molecular weight excluding hydrogens is 209 g/mol. The summed E-state index contributed by atoms with van der Waals surface area (Å²) in [6.07, 6.45) is 0. The topological polar surface area (TPSA) is 42.1 Å². The maximum absolute atomic E-state index is 13.5.